The summed E-state index contributed by atoms with van der Waals surface area (Å²) in [6, 6.07) is 7.52. The third kappa shape index (κ3) is 6.37. The van der Waals surface area contributed by atoms with Crippen LogP contribution in [0.25, 0.3) is 0 Å². The second-order valence-electron chi connectivity index (χ2n) is 5.16. The van der Waals surface area contributed by atoms with Gasteiger partial charge in [0, 0.05) is 23.3 Å². The van der Waals surface area contributed by atoms with Crippen LogP contribution in [0.15, 0.2) is 24.3 Å². The summed E-state index contributed by atoms with van der Waals surface area (Å²) in [6.45, 7) is 6.53. The summed E-state index contributed by atoms with van der Waals surface area (Å²) in [5.74, 6) is 2.57. The second kappa shape index (κ2) is 6.69. The van der Waals surface area contributed by atoms with Crippen LogP contribution in [0, 0.1) is 12.3 Å². The van der Waals surface area contributed by atoms with Crippen LogP contribution in [0.5, 0.6) is 0 Å². The molecule has 0 saturated heterocycles. The van der Waals surface area contributed by atoms with E-state index >= 15 is 0 Å². The molecule has 1 amide bonds. The van der Waals surface area contributed by atoms with Crippen molar-refractivity contribution in [1.29, 1.82) is 0 Å². The molecule has 1 aromatic carbocycles. The van der Waals surface area contributed by atoms with Crippen LogP contribution in [-0.4, -0.2) is 24.8 Å². The van der Waals surface area contributed by atoms with E-state index in [-0.39, 0.29) is 5.54 Å². The van der Waals surface area contributed by atoms with E-state index in [1.165, 1.54) is 0 Å². The molecular weight excluding hydrogens is 240 g/mol. The van der Waals surface area contributed by atoms with Crippen LogP contribution in [-0.2, 0) is 4.74 Å². The molecule has 4 heteroatoms. The van der Waals surface area contributed by atoms with Crippen molar-refractivity contribution in [2.24, 2.45) is 0 Å². The van der Waals surface area contributed by atoms with Crippen LogP contribution in [0.3, 0.4) is 0 Å². The lowest BCUT2D eigenvalue weighted by atomic mass is 10.1. The van der Waals surface area contributed by atoms with Gasteiger partial charge in [-0.15, -0.1) is 6.42 Å². The van der Waals surface area contributed by atoms with E-state index in [0.717, 1.165) is 11.3 Å². The fourth-order valence-corrected chi connectivity index (χ4v) is 1.40. The molecule has 0 bridgehead atoms. The number of benzene rings is 1. The van der Waals surface area contributed by atoms with Gasteiger partial charge in [-0.3, -0.25) is 0 Å². The van der Waals surface area contributed by atoms with E-state index in [1.807, 2.05) is 45.0 Å². The summed E-state index contributed by atoms with van der Waals surface area (Å²) >= 11 is 0. The number of anilines is 1. The molecule has 102 valence electrons. The number of alkyl carbamates (subject to hydrolysis) is 1. The van der Waals surface area contributed by atoms with E-state index in [1.54, 1.807) is 0 Å². The third-order valence-corrected chi connectivity index (χ3v) is 2.17. The highest BCUT2D eigenvalue weighted by Gasteiger charge is 2.13. The van der Waals surface area contributed by atoms with E-state index < -0.39 is 6.09 Å². The minimum atomic E-state index is -0.410. The minimum Gasteiger partial charge on any atom is -0.448 e. The predicted octanol–water partition coefficient (Wildman–Crippen LogP) is 2.60. The van der Waals surface area contributed by atoms with Crippen molar-refractivity contribution in [3.05, 3.63) is 29.8 Å². The maximum atomic E-state index is 11.4. The predicted molar refractivity (Wildman–Crippen MR) is 77.1 cm³/mol. The fraction of sp³-hybridized carbons (Fsp3) is 0.400. The van der Waals surface area contributed by atoms with E-state index in [4.69, 9.17) is 11.2 Å². The van der Waals surface area contributed by atoms with Gasteiger partial charge in [0.25, 0.3) is 0 Å². The van der Waals surface area contributed by atoms with Gasteiger partial charge in [0.2, 0.25) is 0 Å². The first-order valence-corrected chi connectivity index (χ1v) is 6.16. The van der Waals surface area contributed by atoms with Crippen LogP contribution < -0.4 is 10.6 Å². The largest absolute Gasteiger partial charge is 0.448 e. The van der Waals surface area contributed by atoms with Gasteiger partial charge in [0.15, 0.2) is 0 Å². The Bertz CT molecular complexity index is 470. The van der Waals surface area contributed by atoms with Gasteiger partial charge < -0.3 is 15.4 Å². The summed E-state index contributed by atoms with van der Waals surface area (Å²) in [5.41, 5.74) is 1.44. The van der Waals surface area contributed by atoms with E-state index in [9.17, 15) is 4.79 Å². The molecule has 4 nitrogen and oxygen atoms in total. The highest BCUT2D eigenvalue weighted by Crippen LogP contribution is 2.09. The van der Waals surface area contributed by atoms with Gasteiger partial charge in [-0.2, -0.15) is 0 Å². The summed E-state index contributed by atoms with van der Waals surface area (Å²) < 4.78 is 5.04. The molecule has 0 spiro atoms. The molecule has 0 aromatic heterocycles. The molecule has 0 unspecified atom stereocenters. The lowest BCUT2D eigenvalue weighted by Crippen LogP contribution is -2.41. The van der Waals surface area contributed by atoms with Crippen LogP contribution in [0.4, 0.5) is 10.5 Å². The zero-order valence-corrected chi connectivity index (χ0v) is 11.6. The average Bonchev–Trinajstić information content (AvgIpc) is 2.33. The monoisotopic (exact) mass is 260 g/mol. The Kier molecular flexibility index (Phi) is 5.25. The van der Waals surface area contributed by atoms with Gasteiger partial charge >= 0.3 is 6.09 Å². The van der Waals surface area contributed by atoms with Gasteiger partial charge in [0.1, 0.15) is 6.61 Å². The Morgan fingerprint density at radius 3 is 2.79 bits per heavy atom. The Morgan fingerprint density at radius 1 is 1.42 bits per heavy atom. The third-order valence-electron chi connectivity index (χ3n) is 2.17. The Balaban J connectivity index is 2.28. The molecule has 2 N–H and O–H groups in total. The number of carbonyl (C=O) groups is 1. The van der Waals surface area contributed by atoms with Crippen molar-refractivity contribution in [2.45, 2.75) is 26.3 Å². The molecule has 0 saturated carbocycles. The molecule has 0 heterocycles. The van der Waals surface area contributed by atoms with Gasteiger partial charge in [0.05, 0.1) is 0 Å². The SMILES string of the molecule is C#Cc1cccc(NCCOC(=O)NC(C)(C)C)c1. The molecule has 1 rings (SSSR count). The highest BCUT2D eigenvalue weighted by atomic mass is 16.5. The van der Waals surface area contributed by atoms with Crippen molar-refractivity contribution in [1.82, 2.24) is 5.32 Å². The molecule has 0 radical (unpaired) electrons. The number of hydrogen-bond donors (Lipinski definition) is 2. The molecule has 1 aromatic rings. The number of hydrogen-bond acceptors (Lipinski definition) is 3. The maximum absolute atomic E-state index is 11.4. The zero-order valence-electron chi connectivity index (χ0n) is 11.6. The molecular formula is C15H20N2O2. The number of rotatable bonds is 4. The topological polar surface area (TPSA) is 50.4 Å². The van der Waals surface area contributed by atoms with Gasteiger partial charge in [-0.1, -0.05) is 12.0 Å². The van der Waals surface area contributed by atoms with E-state index in [2.05, 4.69) is 16.6 Å². The average molecular weight is 260 g/mol. The highest BCUT2D eigenvalue weighted by molar-refractivity contribution is 5.68. The van der Waals surface area contributed by atoms with Gasteiger partial charge in [-0.05, 0) is 39.0 Å². The summed E-state index contributed by atoms with van der Waals surface area (Å²) in [4.78, 5) is 11.4. The molecule has 0 aliphatic rings. The number of nitrogens with one attached hydrogen (secondary N) is 2. The van der Waals surface area contributed by atoms with Crippen molar-refractivity contribution in [3.8, 4) is 12.3 Å². The molecule has 19 heavy (non-hydrogen) atoms. The van der Waals surface area contributed by atoms with Crippen LogP contribution >= 0.6 is 0 Å². The molecule has 0 aliphatic heterocycles. The number of ether oxygens (including phenoxy) is 1. The standard InChI is InChI=1S/C15H20N2O2/c1-5-12-7-6-8-13(11-12)16-9-10-19-14(18)17-15(2,3)4/h1,6-8,11,16H,9-10H2,2-4H3,(H,17,18). The quantitative estimate of drug-likeness (QED) is 0.646. The first kappa shape index (κ1) is 14.9. The summed E-state index contributed by atoms with van der Waals surface area (Å²) in [6.07, 6.45) is 4.91. The summed E-state index contributed by atoms with van der Waals surface area (Å²) in [7, 11) is 0. The second-order valence-corrected chi connectivity index (χ2v) is 5.16. The van der Waals surface area contributed by atoms with Crippen LogP contribution in [0.1, 0.15) is 26.3 Å². The molecule has 0 atom stereocenters. The first-order chi connectivity index (χ1) is 8.90. The van der Waals surface area contributed by atoms with Crippen LogP contribution in [0.2, 0.25) is 0 Å². The molecule has 0 aliphatic carbocycles. The first-order valence-electron chi connectivity index (χ1n) is 6.16. The van der Waals surface area contributed by atoms with E-state index in [0.29, 0.717) is 13.2 Å². The maximum Gasteiger partial charge on any atom is 0.407 e. The lowest BCUT2D eigenvalue weighted by molar-refractivity contribution is 0.142. The summed E-state index contributed by atoms with van der Waals surface area (Å²) in [5, 5.41) is 5.86. The van der Waals surface area contributed by atoms with Crippen molar-refractivity contribution < 1.29 is 9.53 Å². The molecule has 0 fully saturated rings. The minimum absolute atomic E-state index is 0.286. The number of terminal acetylenes is 1. The van der Waals surface area contributed by atoms with Crippen molar-refractivity contribution in [3.63, 3.8) is 0 Å². The normalized spacial score (nSPS) is 10.4. The zero-order chi connectivity index (χ0) is 14.3. The Hall–Kier alpha value is -2.15. The number of carbonyl (C=O) groups excluding carboxylic acids is 1. The Morgan fingerprint density at radius 2 is 2.16 bits per heavy atom. The van der Waals surface area contributed by atoms with Gasteiger partial charge in [-0.25, -0.2) is 4.79 Å². The lowest BCUT2D eigenvalue weighted by Gasteiger charge is -2.20. The Labute approximate surface area is 114 Å². The van der Waals surface area contributed by atoms with Crippen molar-refractivity contribution in [2.75, 3.05) is 18.5 Å². The fourth-order valence-electron chi connectivity index (χ4n) is 1.40. The van der Waals surface area contributed by atoms with Crippen molar-refractivity contribution >= 4 is 11.8 Å². The number of amides is 1. The smallest absolute Gasteiger partial charge is 0.407 e.